The highest BCUT2D eigenvalue weighted by molar-refractivity contribution is 5.78. The molecule has 4 nitrogen and oxygen atoms in total. The normalized spacial score (nSPS) is 21.6. The number of aromatic nitrogens is 4. The Morgan fingerprint density at radius 3 is 2.74 bits per heavy atom. The molecule has 1 aliphatic carbocycles. The highest BCUT2D eigenvalue weighted by atomic mass is 15.2. The van der Waals surface area contributed by atoms with Crippen molar-refractivity contribution < 1.29 is 0 Å². The molecule has 1 aliphatic heterocycles. The maximum Gasteiger partial charge on any atom is 0.115 e. The summed E-state index contributed by atoms with van der Waals surface area (Å²) in [5, 5.41) is 0. The first kappa shape index (κ1) is 13.0. The molecule has 1 fully saturated rings. The Kier molecular flexibility index (Phi) is 2.68. The van der Waals surface area contributed by atoms with E-state index >= 15 is 0 Å². The van der Waals surface area contributed by atoms with Crippen molar-refractivity contribution in [3.63, 3.8) is 0 Å². The molecule has 114 valence electrons. The average Bonchev–Trinajstić information content (AvgIpc) is 3.27. The van der Waals surface area contributed by atoms with E-state index in [1.165, 1.54) is 36.3 Å². The molecule has 3 aromatic rings. The predicted octanol–water partition coefficient (Wildman–Crippen LogP) is 4.14. The Morgan fingerprint density at radius 1 is 1.04 bits per heavy atom. The molecule has 2 bridgehead atoms. The summed E-state index contributed by atoms with van der Waals surface area (Å²) in [7, 11) is 0. The lowest BCUT2D eigenvalue weighted by Gasteiger charge is -2.17. The third kappa shape index (κ3) is 1.87. The van der Waals surface area contributed by atoms with Gasteiger partial charge in [-0.25, -0.2) is 4.98 Å². The second-order valence-corrected chi connectivity index (χ2v) is 6.60. The zero-order chi connectivity index (χ0) is 15.4. The summed E-state index contributed by atoms with van der Waals surface area (Å²) in [5.41, 5.74) is 5.42. The molecule has 1 saturated carbocycles. The molecule has 2 unspecified atom stereocenters. The molecule has 0 N–H and O–H groups in total. The van der Waals surface area contributed by atoms with E-state index in [0.717, 1.165) is 17.1 Å². The molecule has 4 heteroatoms. The fraction of sp³-hybridized carbons (Fsp3) is 0.316. The summed E-state index contributed by atoms with van der Waals surface area (Å²) in [5.74, 6) is 1.88. The lowest BCUT2D eigenvalue weighted by molar-refractivity contribution is 0.530. The highest BCUT2D eigenvalue weighted by Gasteiger charge is 2.41. The Balaban J connectivity index is 1.79. The van der Waals surface area contributed by atoms with Crippen molar-refractivity contribution in [3.8, 4) is 22.6 Å². The second kappa shape index (κ2) is 4.75. The monoisotopic (exact) mass is 302 g/mol. The molecule has 4 heterocycles. The minimum absolute atomic E-state index is 0.601. The van der Waals surface area contributed by atoms with E-state index < -0.39 is 0 Å². The smallest absolute Gasteiger partial charge is 0.115 e. The summed E-state index contributed by atoms with van der Waals surface area (Å²) >= 11 is 0. The molecule has 0 amide bonds. The van der Waals surface area contributed by atoms with Gasteiger partial charge in [0.2, 0.25) is 0 Å². The van der Waals surface area contributed by atoms with Gasteiger partial charge in [0.05, 0.1) is 11.4 Å². The van der Waals surface area contributed by atoms with Gasteiger partial charge in [0, 0.05) is 35.6 Å². The van der Waals surface area contributed by atoms with Gasteiger partial charge in [-0.05, 0) is 50.5 Å². The lowest BCUT2D eigenvalue weighted by atomic mass is 10.1. The molecule has 2 aliphatic rings. The van der Waals surface area contributed by atoms with E-state index in [2.05, 4.69) is 33.8 Å². The first-order chi connectivity index (χ1) is 11.3. The zero-order valence-electron chi connectivity index (χ0n) is 13.1. The predicted molar refractivity (Wildman–Crippen MR) is 89.1 cm³/mol. The molecule has 0 spiro atoms. The van der Waals surface area contributed by atoms with E-state index in [1.54, 1.807) is 0 Å². The maximum atomic E-state index is 5.04. The van der Waals surface area contributed by atoms with Crippen LogP contribution in [0.15, 0.2) is 42.7 Å². The van der Waals surface area contributed by atoms with Crippen molar-refractivity contribution in [1.29, 1.82) is 0 Å². The van der Waals surface area contributed by atoms with Gasteiger partial charge < -0.3 is 4.57 Å². The standard InChI is InChI=1S/C19H18N4/c1-12-3-2-4-16(21-12)17-18(13-7-9-20-10-8-13)23-15-6-5-14(11-15)19(23)22-17/h2-4,7-10,14-15H,5-6,11H2,1H3. The molecule has 0 radical (unpaired) electrons. The molecule has 23 heavy (non-hydrogen) atoms. The van der Waals surface area contributed by atoms with E-state index in [0.29, 0.717) is 12.0 Å². The summed E-state index contributed by atoms with van der Waals surface area (Å²) < 4.78 is 2.48. The topological polar surface area (TPSA) is 43.6 Å². The third-order valence-electron chi connectivity index (χ3n) is 5.16. The van der Waals surface area contributed by atoms with Gasteiger partial charge >= 0.3 is 0 Å². The molecule has 0 aromatic carbocycles. The Hall–Kier alpha value is -2.49. The number of fused-ring (bicyclic) bond motifs is 5. The quantitative estimate of drug-likeness (QED) is 0.714. The first-order valence-corrected chi connectivity index (χ1v) is 8.28. The van der Waals surface area contributed by atoms with Gasteiger partial charge in [-0.3, -0.25) is 9.97 Å². The van der Waals surface area contributed by atoms with Gasteiger partial charge in [-0.1, -0.05) is 6.07 Å². The molecule has 0 saturated heterocycles. The van der Waals surface area contributed by atoms with Crippen molar-refractivity contribution in [2.45, 2.75) is 38.1 Å². The van der Waals surface area contributed by atoms with Crippen molar-refractivity contribution in [1.82, 2.24) is 19.5 Å². The highest BCUT2D eigenvalue weighted by Crippen LogP contribution is 2.52. The number of pyridine rings is 2. The molecule has 5 rings (SSSR count). The zero-order valence-corrected chi connectivity index (χ0v) is 13.1. The van der Waals surface area contributed by atoms with Gasteiger partial charge in [0.1, 0.15) is 11.5 Å². The van der Waals surface area contributed by atoms with Crippen LogP contribution in [0.5, 0.6) is 0 Å². The van der Waals surface area contributed by atoms with Gasteiger partial charge in [0.15, 0.2) is 0 Å². The number of hydrogen-bond acceptors (Lipinski definition) is 3. The molecule has 2 atom stereocenters. The number of nitrogens with zero attached hydrogens (tertiary/aromatic N) is 4. The van der Waals surface area contributed by atoms with E-state index in [-0.39, 0.29) is 0 Å². The fourth-order valence-electron chi connectivity index (χ4n) is 4.17. The number of rotatable bonds is 2. The SMILES string of the molecule is Cc1cccc(-c2nc3n(c2-c2ccncc2)C2CCC3C2)n1. The Labute approximate surface area is 135 Å². The van der Waals surface area contributed by atoms with Crippen LogP contribution in [0.25, 0.3) is 22.6 Å². The van der Waals surface area contributed by atoms with E-state index in [4.69, 9.17) is 9.97 Å². The third-order valence-corrected chi connectivity index (χ3v) is 5.16. The summed E-state index contributed by atoms with van der Waals surface area (Å²) in [4.78, 5) is 13.9. The first-order valence-electron chi connectivity index (χ1n) is 8.28. The van der Waals surface area contributed by atoms with E-state index in [1.807, 2.05) is 25.4 Å². The fourth-order valence-corrected chi connectivity index (χ4v) is 4.17. The maximum absolute atomic E-state index is 5.04. The van der Waals surface area contributed by atoms with Gasteiger partial charge in [-0.15, -0.1) is 0 Å². The summed E-state index contributed by atoms with van der Waals surface area (Å²) in [6.45, 7) is 2.03. The second-order valence-electron chi connectivity index (χ2n) is 6.60. The van der Waals surface area contributed by atoms with Gasteiger partial charge in [0.25, 0.3) is 0 Å². The van der Waals surface area contributed by atoms with Crippen LogP contribution in [-0.2, 0) is 0 Å². The van der Waals surface area contributed by atoms with Crippen LogP contribution >= 0.6 is 0 Å². The summed E-state index contributed by atoms with van der Waals surface area (Å²) in [6.07, 6.45) is 7.51. The van der Waals surface area contributed by atoms with Crippen LogP contribution in [0.3, 0.4) is 0 Å². The number of hydrogen-bond donors (Lipinski definition) is 0. The van der Waals surface area contributed by atoms with Crippen molar-refractivity contribution in [3.05, 3.63) is 54.2 Å². The van der Waals surface area contributed by atoms with Crippen LogP contribution in [0.4, 0.5) is 0 Å². The van der Waals surface area contributed by atoms with E-state index in [9.17, 15) is 0 Å². The number of imidazole rings is 1. The van der Waals surface area contributed by atoms with Crippen LogP contribution in [0.1, 0.15) is 42.7 Å². The van der Waals surface area contributed by atoms with Crippen LogP contribution in [-0.4, -0.2) is 19.5 Å². The molecule has 3 aromatic heterocycles. The largest absolute Gasteiger partial charge is 0.324 e. The van der Waals surface area contributed by atoms with Crippen LogP contribution in [0, 0.1) is 6.92 Å². The van der Waals surface area contributed by atoms with Crippen LogP contribution in [0.2, 0.25) is 0 Å². The Morgan fingerprint density at radius 2 is 1.91 bits per heavy atom. The molecular formula is C19H18N4. The van der Waals surface area contributed by atoms with Crippen LogP contribution < -0.4 is 0 Å². The van der Waals surface area contributed by atoms with Gasteiger partial charge in [-0.2, -0.15) is 0 Å². The summed E-state index contributed by atoms with van der Waals surface area (Å²) in [6, 6.07) is 10.9. The average molecular weight is 302 g/mol. The van der Waals surface area contributed by atoms with Crippen molar-refractivity contribution in [2.75, 3.05) is 0 Å². The number of aryl methyl sites for hydroxylation is 1. The Bertz CT molecular complexity index is 882. The molecular weight excluding hydrogens is 284 g/mol. The van der Waals surface area contributed by atoms with Crippen molar-refractivity contribution >= 4 is 0 Å². The minimum Gasteiger partial charge on any atom is -0.324 e. The van der Waals surface area contributed by atoms with Crippen molar-refractivity contribution in [2.24, 2.45) is 0 Å². The lowest BCUT2D eigenvalue weighted by Crippen LogP contribution is -2.07. The minimum atomic E-state index is 0.601.